The lowest BCUT2D eigenvalue weighted by molar-refractivity contribution is -0.274. The summed E-state index contributed by atoms with van der Waals surface area (Å²) in [5.41, 5.74) is 2.61. The minimum atomic E-state index is -4.78. The third-order valence-corrected chi connectivity index (χ3v) is 4.88. The molecule has 0 saturated heterocycles. The van der Waals surface area contributed by atoms with Crippen LogP contribution in [0.1, 0.15) is 15.9 Å². The zero-order chi connectivity index (χ0) is 23.5. The largest absolute Gasteiger partial charge is 0.573 e. The number of carbonyl (C=O) groups excluding carboxylic acids is 1. The summed E-state index contributed by atoms with van der Waals surface area (Å²) >= 11 is 0. The van der Waals surface area contributed by atoms with Gasteiger partial charge in [0.2, 0.25) is 0 Å². The van der Waals surface area contributed by atoms with Crippen LogP contribution in [0.3, 0.4) is 0 Å². The van der Waals surface area contributed by atoms with Crippen LogP contribution in [0.4, 0.5) is 24.7 Å². The van der Waals surface area contributed by atoms with Crippen molar-refractivity contribution in [3.8, 4) is 5.75 Å². The van der Waals surface area contributed by atoms with Gasteiger partial charge in [0.05, 0.1) is 5.52 Å². The molecule has 0 fully saturated rings. The second-order valence-electron chi connectivity index (χ2n) is 7.78. The highest BCUT2D eigenvalue weighted by atomic mass is 19.4. The number of nitrogens with one attached hydrogen (secondary N) is 1. The number of fused-ring (bicyclic) bond motifs is 1. The van der Waals surface area contributed by atoms with E-state index < -0.39 is 12.3 Å². The lowest BCUT2D eigenvalue weighted by Gasteiger charge is -2.21. The van der Waals surface area contributed by atoms with Crippen LogP contribution in [0.25, 0.3) is 10.9 Å². The molecular weight excluding hydrogens is 421 g/mol. The number of nitrogens with zero attached hydrogens (tertiary/aromatic N) is 3. The molecule has 1 aromatic heterocycles. The molecule has 32 heavy (non-hydrogen) atoms. The maximum absolute atomic E-state index is 12.5. The van der Waals surface area contributed by atoms with E-state index in [0.29, 0.717) is 5.69 Å². The highest BCUT2D eigenvalue weighted by Crippen LogP contribution is 2.26. The van der Waals surface area contributed by atoms with Gasteiger partial charge in [-0.05, 0) is 75.1 Å². The molecule has 1 heterocycles. The van der Waals surface area contributed by atoms with Gasteiger partial charge >= 0.3 is 6.36 Å². The summed E-state index contributed by atoms with van der Waals surface area (Å²) in [7, 11) is 6.04. The Morgan fingerprint density at radius 2 is 1.72 bits per heavy atom. The second kappa shape index (κ2) is 9.44. The molecule has 1 N–H and O–H groups in total. The number of halogens is 3. The third kappa shape index (κ3) is 6.10. The van der Waals surface area contributed by atoms with Gasteiger partial charge in [0.25, 0.3) is 5.91 Å². The van der Waals surface area contributed by atoms with Crippen molar-refractivity contribution < 1.29 is 22.7 Å². The fraction of sp³-hybridized carbons (Fsp3) is 0.304. The van der Waals surface area contributed by atoms with Gasteiger partial charge in [-0.3, -0.25) is 4.79 Å². The number of alkyl halides is 3. The number of aromatic nitrogens is 1. The lowest BCUT2D eigenvalue weighted by Crippen LogP contribution is -2.29. The van der Waals surface area contributed by atoms with E-state index in [2.05, 4.69) is 19.9 Å². The van der Waals surface area contributed by atoms with E-state index >= 15 is 0 Å². The Bertz CT molecular complexity index is 1100. The minimum absolute atomic E-state index is 0.215. The van der Waals surface area contributed by atoms with Crippen LogP contribution in [0, 0.1) is 6.92 Å². The Kier molecular flexibility index (Phi) is 6.88. The molecule has 0 atom stereocenters. The number of pyridine rings is 1. The first-order valence-corrected chi connectivity index (χ1v) is 9.96. The van der Waals surface area contributed by atoms with Crippen molar-refractivity contribution in [3.63, 3.8) is 0 Å². The SMILES string of the molecule is Cc1cc(N(C)CCN(C)C)nc2ccc(NC(=O)c3ccc(OC(F)(F)F)cc3)cc12. The minimum Gasteiger partial charge on any atom is -0.406 e. The topological polar surface area (TPSA) is 57.7 Å². The summed E-state index contributed by atoms with van der Waals surface area (Å²) in [5, 5.41) is 3.67. The van der Waals surface area contributed by atoms with Gasteiger partial charge in [-0.25, -0.2) is 4.98 Å². The van der Waals surface area contributed by atoms with Crippen LogP contribution in [0.2, 0.25) is 0 Å². The molecule has 1 amide bonds. The molecule has 0 radical (unpaired) electrons. The quantitative estimate of drug-likeness (QED) is 0.571. The van der Waals surface area contributed by atoms with E-state index in [-0.39, 0.29) is 11.3 Å². The number of anilines is 2. The molecule has 2 aromatic carbocycles. The van der Waals surface area contributed by atoms with Crippen molar-refractivity contribution in [3.05, 3.63) is 59.7 Å². The van der Waals surface area contributed by atoms with Crippen LogP contribution in [0.15, 0.2) is 48.5 Å². The number of benzene rings is 2. The van der Waals surface area contributed by atoms with Crippen molar-refractivity contribution in [2.75, 3.05) is 44.4 Å². The van der Waals surface area contributed by atoms with E-state index in [9.17, 15) is 18.0 Å². The Balaban J connectivity index is 1.74. The van der Waals surface area contributed by atoms with E-state index in [1.165, 1.54) is 12.1 Å². The van der Waals surface area contributed by atoms with Crippen molar-refractivity contribution in [2.24, 2.45) is 0 Å². The summed E-state index contributed by atoms with van der Waals surface area (Å²) in [6, 6.07) is 12.2. The molecule has 0 bridgehead atoms. The predicted molar refractivity (Wildman–Crippen MR) is 119 cm³/mol. The molecule has 0 aliphatic rings. The highest BCUT2D eigenvalue weighted by molar-refractivity contribution is 6.05. The van der Waals surface area contributed by atoms with Gasteiger partial charge in [0.15, 0.2) is 0 Å². The zero-order valence-corrected chi connectivity index (χ0v) is 18.3. The maximum Gasteiger partial charge on any atom is 0.573 e. The average molecular weight is 446 g/mol. The Labute approximate surface area is 184 Å². The predicted octanol–water partition coefficient (Wildman–Crippen LogP) is 4.69. The first-order valence-electron chi connectivity index (χ1n) is 9.96. The number of aryl methyl sites for hydroxylation is 1. The summed E-state index contributed by atoms with van der Waals surface area (Å²) < 4.78 is 40.7. The molecule has 9 heteroatoms. The number of likely N-dealkylation sites (N-methyl/N-ethyl adjacent to an activating group) is 2. The van der Waals surface area contributed by atoms with Gasteiger partial charge in [0.1, 0.15) is 11.6 Å². The van der Waals surface area contributed by atoms with E-state index in [4.69, 9.17) is 4.98 Å². The third-order valence-electron chi connectivity index (χ3n) is 4.88. The molecule has 0 saturated carbocycles. The number of ether oxygens (including phenoxy) is 1. The second-order valence-corrected chi connectivity index (χ2v) is 7.78. The molecule has 0 aliphatic carbocycles. The van der Waals surface area contributed by atoms with Crippen LogP contribution >= 0.6 is 0 Å². The summed E-state index contributed by atoms with van der Waals surface area (Å²) in [5.74, 6) is 0.0520. The fourth-order valence-electron chi connectivity index (χ4n) is 3.13. The molecule has 6 nitrogen and oxygen atoms in total. The van der Waals surface area contributed by atoms with Gasteiger partial charge in [-0.2, -0.15) is 0 Å². The van der Waals surface area contributed by atoms with Crippen LogP contribution in [-0.4, -0.2) is 56.4 Å². The van der Waals surface area contributed by atoms with Crippen molar-refractivity contribution >= 4 is 28.3 Å². The molecule has 3 rings (SSSR count). The van der Waals surface area contributed by atoms with Gasteiger partial charge in [-0.15, -0.1) is 13.2 Å². The zero-order valence-electron chi connectivity index (χ0n) is 18.3. The van der Waals surface area contributed by atoms with Crippen LogP contribution < -0.4 is 15.0 Å². The maximum atomic E-state index is 12.5. The molecule has 170 valence electrons. The molecule has 0 unspecified atom stereocenters. The Morgan fingerprint density at radius 1 is 1.03 bits per heavy atom. The first-order chi connectivity index (χ1) is 15.0. The Morgan fingerprint density at radius 3 is 2.34 bits per heavy atom. The normalized spacial score (nSPS) is 11.6. The summed E-state index contributed by atoms with van der Waals surface area (Å²) in [6.07, 6.45) is -4.78. The number of carbonyl (C=O) groups is 1. The highest BCUT2D eigenvalue weighted by Gasteiger charge is 2.31. The van der Waals surface area contributed by atoms with E-state index in [0.717, 1.165) is 47.5 Å². The number of rotatable bonds is 7. The van der Waals surface area contributed by atoms with E-state index in [1.807, 2.05) is 46.3 Å². The molecule has 0 spiro atoms. The number of hydrogen-bond acceptors (Lipinski definition) is 5. The van der Waals surface area contributed by atoms with E-state index in [1.54, 1.807) is 6.07 Å². The average Bonchev–Trinajstić information content (AvgIpc) is 2.71. The molecule has 0 aliphatic heterocycles. The Hall–Kier alpha value is -3.33. The smallest absolute Gasteiger partial charge is 0.406 e. The monoisotopic (exact) mass is 446 g/mol. The number of hydrogen-bond donors (Lipinski definition) is 1. The summed E-state index contributed by atoms with van der Waals surface area (Å²) in [4.78, 5) is 21.4. The number of amides is 1. The van der Waals surface area contributed by atoms with Crippen molar-refractivity contribution in [2.45, 2.75) is 13.3 Å². The van der Waals surface area contributed by atoms with Gasteiger partial charge in [0, 0.05) is 36.8 Å². The standard InChI is InChI=1S/C23H25F3N4O2/c1-15-13-21(30(4)12-11-29(2)3)28-20-10-7-17(14-19(15)20)27-22(31)16-5-8-18(9-6-16)32-23(24,25)26/h5-10,13-14H,11-12H2,1-4H3,(H,27,31). The summed E-state index contributed by atoms with van der Waals surface area (Å²) in [6.45, 7) is 3.73. The van der Waals surface area contributed by atoms with Crippen LogP contribution in [-0.2, 0) is 0 Å². The van der Waals surface area contributed by atoms with Gasteiger partial charge < -0.3 is 19.9 Å². The fourth-order valence-corrected chi connectivity index (χ4v) is 3.13. The van der Waals surface area contributed by atoms with Gasteiger partial charge in [-0.1, -0.05) is 0 Å². The van der Waals surface area contributed by atoms with Crippen molar-refractivity contribution in [1.82, 2.24) is 9.88 Å². The molecular formula is C23H25F3N4O2. The van der Waals surface area contributed by atoms with Crippen molar-refractivity contribution in [1.29, 1.82) is 0 Å². The molecule has 3 aromatic rings. The first kappa shape index (κ1) is 23.3. The van der Waals surface area contributed by atoms with Crippen LogP contribution in [0.5, 0.6) is 5.75 Å². The lowest BCUT2D eigenvalue weighted by atomic mass is 10.1.